The Labute approximate surface area is 181 Å². The van der Waals surface area contributed by atoms with Gasteiger partial charge in [-0.3, -0.25) is 4.79 Å². The van der Waals surface area contributed by atoms with Crippen molar-refractivity contribution in [3.8, 4) is 0 Å². The molecule has 5 heteroatoms. The molecule has 4 aliphatic carbocycles. The van der Waals surface area contributed by atoms with Gasteiger partial charge in [0.15, 0.2) is 5.79 Å². The quantitative estimate of drug-likeness (QED) is 0.675. The van der Waals surface area contributed by atoms with Crippen LogP contribution in [0.5, 0.6) is 0 Å². The van der Waals surface area contributed by atoms with E-state index in [4.69, 9.17) is 14.2 Å². The number of rotatable bonds is 2. The molecule has 30 heavy (non-hydrogen) atoms. The lowest BCUT2D eigenvalue weighted by Crippen LogP contribution is -2.65. The fourth-order valence-electron chi connectivity index (χ4n) is 9.20. The van der Waals surface area contributed by atoms with Crippen molar-refractivity contribution in [2.45, 2.75) is 97.1 Å². The largest absolute Gasteiger partial charge is 0.463 e. The van der Waals surface area contributed by atoms with Gasteiger partial charge in [-0.15, -0.1) is 0 Å². The Hall–Kier alpha value is -0.650. The van der Waals surface area contributed by atoms with Gasteiger partial charge in [0.25, 0.3) is 0 Å². The molecule has 1 N–H and O–H groups in total. The van der Waals surface area contributed by atoms with E-state index in [-0.39, 0.29) is 34.9 Å². The van der Waals surface area contributed by atoms with E-state index in [1.165, 1.54) is 26.2 Å². The van der Waals surface area contributed by atoms with Crippen molar-refractivity contribution in [1.82, 2.24) is 0 Å². The molecule has 1 heterocycles. The molecule has 0 radical (unpaired) electrons. The van der Waals surface area contributed by atoms with Crippen molar-refractivity contribution < 1.29 is 24.1 Å². The van der Waals surface area contributed by atoms with Crippen molar-refractivity contribution in [2.24, 2.45) is 40.4 Å². The van der Waals surface area contributed by atoms with Gasteiger partial charge < -0.3 is 19.3 Å². The molecule has 0 bridgehead atoms. The second kappa shape index (κ2) is 7.18. The summed E-state index contributed by atoms with van der Waals surface area (Å²) in [5.41, 5.74) is 0.142. The summed E-state index contributed by atoms with van der Waals surface area (Å²) in [5, 5.41) is 10.7. The van der Waals surface area contributed by atoms with Crippen LogP contribution in [-0.2, 0) is 19.0 Å². The third-order valence-electron chi connectivity index (χ3n) is 10.5. The predicted octanol–water partition coefficient (Wildman–Crippen LogP) is 4.31. The average Bonchev–Trinajstić information content (AvgIpc) is 3.29. The molecular formula is C25H40O5. The van der Waals surface area contributed by atoms with Crippen molar-refractivity contribution in [1.29, 1.82) is 0 Å². The third kappa shape index (κ3) is 2.80. The van der Waals surface area contributed by atoms with Gasteiger partial charge in [0.05, 0.1) is 19.3 Å². The molecule has 0 amide bonds. The molecule has 0 aromatic heterocycles. The van der Waals surface area contributed by atoms with Crippen LogP contribution in [-0.4, -0.2) is 42.3 Å². The molecule has 0 aromatic carbocycles. The van der Waals surface area contributed by atoms with Gasteiger partial charge in [-0.1, -0.05) is 13.8 Å². The van der Waals surface area contributed by atoms with E-state index < -0.39 is 5.79 Å². The first-order valence-corrected chi connectivity index (χ1v) is 12.3. The van der Waals surface area contributed by atoms with Crippen molar-refractivity contribution in [2.75, 3.05) is 13.2 Å². The minimum atomic E-state index is -0.547. The number of hydrogen-bond acceptors (Lipinski definition) is 5. The smallest absolute Gasteiger partial charge is 0.302 e. The summed E-state index contributed by atoms with van der Waals surface area (Å²) in [6.45, 7) is 9.70. The Morgan fingerprint density at radius 2 is 1.80 bits per heavy atom. The Balaban J connectivity index is 1.48. The first-order chi connectivity index (χ1) is 14.2. The second-order valence-electron chi connectivity index (χ2n) is 11.5. The number of aliphatic hydroxyl groups is 1. The summed E-state index contributed by atoms with van der Waals surface area (Å²) in [4.78, 5) is 11.5. The lowest BCUT2D eigenvalue weighted by molar-refractivity contribution is -0.316. The zero-order valence-corrected chi connectivity index (χ0v) is 19.2. The van der Waals surface area contributed by atoms with E-state index >= 15 is 0 Å². The SMILES string of the molecule is CC(=O)OC1CCC2(C)C(CCC3C2CC2(OCCO2)C2(C)C(C(C)O)CCC32)C1. The first kappa shape index (κ1) is 21.2. The van der Waals surface area contributed by atoms with Crippen LogP contribution < -0.4 is 0 Å². The lowest BCUT2D eigenvalue weighted by Gasteiger charge is -2.65. The monoisotopic (exact) mass is 420 g/mol. The molecule has 5 rings (SSSR count). The zero-order chi connectivity index (χ0) is 21.3. The molecule has 9 atom stereocenters. The van der Waals surface area contributed by atoms with Crippen molar-refractivity contribution in [3.05, 3.63) is 0 Å². The molecule has 5 fully saturated rings. The highest BCUT2D eigenvalue weighted by atomic mass is 16.7. The number of fused-ring (bicyclic) bond motifs is 6. The Morgan fingerprint density at radius 3 is 2.47 bits per heavy atom. The van der Waals surface area contributed by atoms with Crippen LogP contribution in [0.1, 0.15) is 79.1 Å². The van der Waals surface area contributed by atoms with Crippen molar-refractivity contribution >= 4 is 5.97 Å². The standard InChI is InChI=1S/C25H40O5/c1-15(26)20-7-8-21-19-6-5-17-13-18(30-16(2)27)9-10-23(17,3)22(19)14-25(24(20,21)4)28-11-12-29-25/h15,17-22,26H,5-14H2,1-4H3. The molecule has 170 valence electrons. The molecule has 1 aliphatic heterocycles. The van der Waals surface area contributed by atoms with Crippen LogP contribution in [0.15, 0.2) is 0 Å². The van der Waals surface area contributed by atoms with Gasteiger partial charge >= 0.3 is 5.97 Å². The maximum Gasteiger partial charge on any atom is 0.302 e. The van der Waals surface area contributed by atoms with E-state index in [1.54, 1.807) is 0 Å². The van der Waals surface area contributed by atoms with E-state index in [9.17, 15) is 9.90 Å². The number of carbonyl (C=O) groups excluding carboxylic acids is 1. The van der Waals surface area contributed by atoms with Gasteiger partial charge in [0.2, 0.25) is 0 Å². The summed E-state index contributed by atoms with van der Waals surface area (Å²) in [6.07, 6.45) is 8.56. The summed E-state index contributed by atoms with van der Waals surface area (Å²) >= 11 is 0. The van der Waals surface area contributed by atoms with E-state index in [0.717, 1.165) is 32.1 Å². The van der Waals surface area contributed by atoms with Gasteiger partial charge in [-0.05, 0) is 86.9 Å². The van der Waals surface area contributed by atoms with E-state index in [0.29, 0.717) is 36.9 Å². The normalized spacial score (nSPS) is 50.4. The Kier molecular flexibility index (Phi) is 5.08. The first-order valence-electron chi connectivity index (χ1n) is 12.3. The number of ether oxygens (including phenoxy) is 3. The average molecular weight is 421 g/mol. The highest BCUT2D eigenvalue weighted by Crippen LogP contribution is 2.71. The highest BCUT2D eigenvalue weighted by Gasteiger charge is 2.71. The molecule has 5 nitrogen and oxygen atoms in total. The second-order valence-corrected chi connectivity index (χ2v) is 11.5. The Morgan fingerprint density at radius 1 is 1.07 bits per heavy atom. The topological polar surface area (TPSA) is 65.0 Å². The molecule has 9 unspecified atom stereocenters. The van der Waals surface area contributed by atoms with Crippen LogP contribution in [0.4, 0.5) is 0 Å². The molecule has 5 aliphatic rings. The van der Waals surface area contributed by atoms with Crippen LogP contribution in [0, 0.1) is 40.4 Å². The highest BCUT2D eigenvalue weighted by molar-refractivity contribution is 5.66. The minimum absolute atomic E-state index is 0.0880. The van der Waals surface area contributed by atoms with Crippen LogP contribution in [0.2, 0.25) is 0 Å². The number of aliphatic hydroxyl groups excluding tert-OH is 1. The molecular weight excluding hydrogens is 380 g/mol. The van der Waals surface area contributed by atoms with Gasteiger partial charge in [0, 0.05) is 18.8 Å². The van der Waals surface area contributed by atoms with Crippen molar-refractivity contribution in [3.63, 3.8) is 0 Å². The maximum atomic E-state index is 11.5. The number of esters is 1. The molecule has 0 aromatic rings. The summed E-state index contributed by atoms with van der Waals surface area (Å²) in [5.74, 6) is 1.97. The van der Waals surface area contributed by atoms with Crippen LogP contribution in [0.3, 0.4) is 0 Å². The fraction of sp³-hybridized carbons (Fsp3) is 0.960. The number of hydrogen-bond donors (Lipinski definition) is 1. The van der Waals surface area contributed by atoms with E-state index in [2.05, 4.69) is 13.8 Å². The summed E-state index contributed by atoms with van der Waals surface area (Å²) < 4.78 is 18.7. The van der Waals surface area contributed by atoms with Gasteiger partial charge in [-0.25, -0.2) is 0 Å². The zero-order valence-electron chi connectivity index (χ0n) is 19.2. The fourth-order valence-corrected chi connectivity index (χ4v) is 9.20. The molecule has 1 spiro atoms. The van der Waals surface area contributed by atoms with Gasteiger partial charge in [0.1, 0.15) is 6.10 Å². The molecule has 1 saturated heterocycles. The summed E-state index contributed by atoms with van der Waals surface area (Å²) in [6, 6.07) is 0. The van der Waals surface area contributed by atoms with Crippen LogP contribution >= 0.6 is 0 Å². The van der Waals surface area contributed by atoms with Crippen LogP contribution in [0.25, 0.3) is 0 Å². The number of carbonyl (C=O) groups is 1. The maximum absolute atomic E-state index is 11.5. The third-order valence-corrected chi connectivity index (χ3v) is 10.5. The minimum Gasteiger partial charge on any atom is -0.463 e. The molecule has 4 saturated carbocycles. The predicted molar refractivity (Wildman–Crippen MR) is 112 cm³/mol. The lowest BCUT2D eigenvalue weighted by atomic mass is 9.43. The van der Waals surface area contributed by atoms with E-state index in [1.807, 2.05) is 6.92 Å². The Bertz CT molecular complexity index is 685. The summed E-state index contributed by atoms with van der Waals surface area (Å²) in [7, 11) is 0. The van der Waals surface area contributed by atoms with Gasteiger partial charge in [-0.2, -0.15) is 0 Å².